The second-order valence-corrected chi connectivity index (χ2v) is 6.55. The highest BCUT2D eigenvalue weighted by Crippen LogP contribution is 2.23. The van der Waals surface area contributed by atoms with Gasteiger partial charge in [0.25, 0.3) is 5.91 Å². The van der Waals surface area contributed by atoms with E-state index in [2.05, 4.69) is 11.1 Å². The highest BCUT2D eigenvalue weighted by atomic mass is 32.1. The van der Waals surface area contributed by atoms with E-state index in [4.69, 9.17) is 0 Å². The van der Waals surface area contributed by atoms with Gasteiger partial charge in [-0.2, -0.15) is 4.99 Å². The van der Waals surface area contributed by atoms with E-state index >= 15 is 0 Å². The molecule has 0 radical (unpaired) electrons. The average Bonchev–Trinajstić information content (AvgIpc) is 2.84. The third-order valence-corrected chi connectivity index (χ3v) is 5.03. The minimum atomic E-state index is -0.909. The molecule has 1 heterocycles. The molecule has 3 rings (SSSR count). The summed E-state index contributed by atoms with van der Waals surface area (Å²) in [5.41, 5.74) is 2.55. The Bertz CT molecular complexity index is 998. The number of carbonyl (C=O) groups excluding carboxylic acids is 1. The molecule has 0 saturated heterocycles. The number of fused-ring (bicyclic) bond motifs is 1. The molecule has 0 atom stereocenters. The number of carbonyl (C=O) groups is 1. The first-order valence-electron chi connectivity index (χ1n) is 7.56. The number of halogens is 2. The predicted octanol–water partition coefficient (Wildman–Crippen LogP) is 4.36. The lowest BCUT2D eigenvalue weighted by Gasteiger charge is -2.03. The van der Waals surface area contributed by atoms with Crippen LogP contribution in [0, 0.1) is 25.5 Å². The zero-order valence-corrected chi connectivity index (χ0v) is 14.4. The zero-order chi connectivity index (χ0) is 17.4. The van der Waals surface area contributed by atoms with Crippen molar-refractivity contribution in [3.05, 3.63) is 63.5 Å². The maximum absolute atomic E-state index is 13.8. The molecule has 0 unspecified atom stereocenters. The van der Waals surface area contributed by atoms with Gasteiger partial charge in [0, 0.05) is 6.54 Å². The Hall–Kier alpha value is -2.34. The van der Waals surface area contributed by atoms with E-state index in [9.17, 15) is 13.6 Å². The lowest BCUT2D eigenvalue weighted by atomic mass is 10.1. The molecule has 0 aliphatic rings. The molecular weight excluding hydrogens is 330 g/mol. The normalized spacial score (nSPS) is 12.1. The van der Waals surface area contributed by atoms with Gasteiger partial charge < -0.3 is 4.57 Å². The molecule has 0 bridgehead atoms. The lowest BCUT2D eigenvalue weighted by molar-refractivity contribution is 0.0990. The molecule has 0 saturated carbocycles. The molecule has 0 aliphatic carbocycles. The summed E-state index contributed by atoms with van der Waals surface area (Å²) < 4.78 is 30.5. The highest BCUT2D eigenvalue weighted by Gasteiger charge is 2.17. The van der Waals surface area contributed by atoms with Crippen LogP contribution in [0.4, 0.5) is 8.78 Å². The standard InChI is InChI=1S/C18H16F2N2OS/c1-4-22-14-9-10(2)8-11(3)16(14)24-18(22)21-17(23)15-12(19)6-5-7-13(15)20/h5-9H,4H2,1-3H3. The van der Waals surface area contributed by atoms with E-state index in [1.54, 1.807) is 0 Å². The van der Waals surface area contributed by atoms with Crippen molar-refractivity contribution >= 4 is 27.5 Å². The number of nitrogens with zero attached hydrogens (tertiary/aromatic N) is 2. The van der Waals surface area contributed by atoms with Crippen LogP contribution in [0.15, 0.2) is 35.3 Å². The summed E-state index contributed by atoms with van der Waals surface area (Å²) in [6.07, 6.45) is 0. The van der Waals surface area contributed by atoms with Gasteiger partial charge in [-0.25, -0.2) is 8.78 Å². The maximum Gasteiger partial charge on any atom is 0.285 e. The third kappa shape index (κ3) is 2.78. The zero-order valence-electron chi connectivity index (χ0n) is 13.6. The van der Waals surface area contributed by atoms with Gasteiger partial charge in [0.2, 0.25) is 0 Å². The smallest absolute Gasteiger partial charge is 0.285 e. The van der Waals surface area contributed by atoms with Crippen LogP contribution in [-0.2, 0) is 6.54 Å². The number of benzene rings is 2. The molecule has 2 aromatic carbocycles. The summed E-state index contributed by atoms with van der Waals surface area (Å²) in [6.45, 7) is 6.54. The second-order valence-electron chi connectivity index (χ2n) is 5.57. The van der Waals surface area contributed by atoms with Crippen LogP contribution in [-0.4, -0.2) is 10.5 Å². The molecule has 6 heteroatoms. The van der Waals surface area contributed by atoms with Gasteiger partial charge >= 0.3 is 0 Å². The van der Waals surface area contributed by atoms with Crippen molar-refractivity contribution in [2.45, 2.75) is 27.3 Å². The summed E-state index contributed by atoms with van der Waals surface area (Å²) in [6, 6.07) is 7.41. The minimum absolute atomic E-state index is 0.439. The number of hydrogen-bond donors (Lipinski definition) is 0. The van der Waals surface area contributed by atoms with Crippen LogP contribution in [0.1, 0.15) is 28.4 Å². The van der Waals surface area contributed by atoms with E-state index in [-0.39, 0.29) is 0 Å². The summed E-state index contributed by atoms with van der Waals surface area (Å²) in [4.78, 5) is 16.7. The molecular formula is C18H16F2N2OS. The monoisotopic (exact) mass is 346 g/mol. The number of aryl methyl sites for hydroxylation is 3. The molecule has 124 valence electrons. The Labute approximate surface area is 141 Å². The largest absolute Gasteiger partial charge is 0.317 e. The van der Waals surface area contributed by atoms with E-state index in [0.29, 0.717) is 11.3 Å². The fourth-order valence-corrected chi connectivity index (χ4v) is 3.89. The van der Waals surface area contributed by atoms with Crippen LogP contribution in [0.25, 0.3) is 10.2 Å². The fraction of sp³-hybridized carbons (Fsp3) is 0.222. The molecule has 0 N–H and O–H groups in total. The Balaban J connectivity index is 2.24. The first-order chi connectivity index (χ1) is 11.4. The number of rotatable bonds is 2. The van der Waals surface area contributed by atoms with E-state index < -0.39 is 23.1 Å². The molecule has 0 aliphatic heterocycles. The van der Waals surface area contributed by atoms with Crippen molar-refractivity contribution in [2.24, 2.45) is 4.99 Å². The van der Waals surface area contributed by atoms with Crippen molar-refractivity contribution in [1.82, 2.24) is 4.57 Å². The SMILES string of the molecule is CCn1c(=NC(=O)c2c(F)cccc2F)sc2c(C)cc(C)cc21. The van der Waals surface area contributed by atoms with Gasteiger partial charge in [-0.05, 0) is 50.1 Å². The number of hydrogen-bond acceptors (Lipinski definition) is 2. The third-order valence-electron chi connectivity index (χ3n) is 3.80. The predicted molar refractivity (Wildman–Crippen MR) is 91.2 cm³/mol. The molecule has 0 fully saturated rings. The van der Waals surface area contributed by atoms with Crippen LogP contribution < -0.4 is 4.80 Å². The van der Waals surface area contributed by atoms with Crippen LogP contribution in [0.5, 0.6) is 0 Å². The van der Waals surface area contributed by atoms with Crippen LogP contribution >= 0.6 is 11.3 Å². The van der Waals surface area contributed by atoms with E-state index in [1.807, 2.05) is 31.4 Å². The molecule has 1 amide bonds. The molecule has 24 heavy (non-hydrogen) atoms. The topological polar surface area (TPSA) is 34.4 Å². The van der Waals surface area contributed by atoms with E-state index in [1.165, 1.54) is 17.4 Å². The van der Waals surface area contributed by atoms with Gasteiger partial charge in [0.15, 0.2) is 4.80 Å². The van der Waals surface area contributed by atoms with Crippen LogP contribution in [0.3, 0.4) is 0 Å². The summed E-state index contributed by atoms with van der Waals surface area (Å²) in [7, 11) is 0. The average molecular weight is 346 g/mol. The van der Waals surface area contributed by atoms with Crippen LogP contribution in [0.2, 0.25) is 0 Å². The van der Waals surface area contributed by atoms with Gasteiger partial charge in [-0.1, -0.05) is 23.5 Å². The molecule has 3 aromatic rings. The fourth-order valence-electron chi connectivity index (χ4n) is 2.75. The first kappa shape index (κ1) is 16.5. The van der Waals surface area contributed by atoms with Crippen molar-refractivity contribution in [1.29, 1.82) is 0 Å². The summed E-state index contributed by atoms with van der Waals surface area (Å²) in [5.74, 6) is -2.71. The number of thiazole rings is 1. The quantitative estimate of drug-likeness (QED) is 0.679. The molecule has 3 nitrogen and oxygen atoms in total. The Morgan fingerprint density at radius 3 is 2.50 bits per heavy atom. The van der Waals surface area contributed by atoms with Crippen molar-refractivity contribution in [3.63, 3.8) is 0 Å². The summed E-state index contributed by atoms with van der Waals surface area (Å²) in [5, 5.41) is 0. The van der Waals surface area contributed by atoms with Crippen molar-refractivity contribution in [2.75, 3.05) is 0 Å². The van der Waals surface area contributed by atoms with E-state index in [0.717, 1.165) is 33.5 Å². The Morgan fingerprint density at radius 2 is 1.88 bits per heavy atom. The van der Waals surface area contributed by atoms with Gasteiger partial charge in [-0.15, -0.1) is 0 Å². The van der Waals surface area contributed by atoms with Crippen molar-refractivity contribution < 1.29 is 13.6 Å². The first-order valence-corrected chi connectivity index (χ1v) is 8.37. The lowest BCUT2D eigenvalue weighted by Crippen LogP contribution is -2.17. The van der Waals surface area contributed by atoms with Gasteiger partial charge in [0.1, 0.15) is 17.2 Å². The maximum atomic E-state index is 13.8. The number of aromatic nitrogens is 1. The second kappa shape index (κ2) is 6.28. The number of amides is 1. The Kier molecular flexibility index (Phi) is 4.32. The molecule has 0 spiro atoms. The Morgan fingerprint density at radius 1 is 1.21 bits per heavy atom. The molecule has 1 aromatic heterocycles. The van der Waals surface area contributed by atoms with Crippen molar-refractivity contribution in [3.8, 4) is 0 Å². The van der Waals surface area contributed by atoms with Gasteiger partial charge in [-0.3, -0.25) is 4.79 Å². The summed E-state index contributed by atoms with van der Waals surface area (Å²) >= 11 is 1.35. The minimum Gasteiger partial charge on any atom is -0.317 e. The highest BCUT2D eigenvalue weighted by molar-refractivity contribution is 7.16. The van der Waals surface area contributed by atoms with Gasteiger partial charge in [0.05, 0.1) is 10.2 Å².